The fourth-order valence-corrected chi connectivity index (χ4v) is 11.7. The Labute approximate surface area is 512 Å². The molecule has 0 aromatic carbocycles. The largest absolute Gasteiger partial charge is 0.394 e. The second-order valence-corrected chi connectivity index (χ2v) is 25.0. The number of carbonyl (C=O) groups excluding carboxylic acids is 1. The number of unbranched alkanes of at least 4 members (excludes halogenated alkanes) is 41. The van der Waals surface area contributed by atoms with Crippen LogP contribution in [0.25, 0.3) is 0 Å². The Hall–Kier alpha value is -1.79. The molecule has 0 aromatic heterocycles. The van der Waals surface area contributed by atoms with Gasteiger partial charge in [-0.25, -0.2) is 0 Å². The third-order valence-corrected chi connectivity index (χ3v) is 17.3. The molecule has 0 bridgehead atoms. The highest BCUT2D eigenvalue weighted by molar-refractivity contribution is 5.76. The maximum Gasteiger partial charge on any atom is 0.220 e. The first kappa shape index (κ1) is 78.3. The van der Waals surface area contributed by atoms with Gasteiger partial charge in [-0.2, -0.15) is 0 Å². The minimum absolute atomic E-state index is 0.234. The molecule has 0 radical (unpaired) electrons. The van der Waals surface area contributed by atoms with Gasteiger partial charge >= 0.3 is 0 Å². The van der Waals surface area contributed by atoms with Gasteiger partial charge < -0.3 is 65.1 Å². The van der Waals surface area contributed by atoms with Gasteiger partial charge in [-0.15, -0.1) is 0 Å². The van der Waals surface area contributed by atoms with Crippen LogP contribution in [-0.4, -0.2) is 140 Å². The molecule has 12 unspecified atom stereocenters. The number of amides is 1. The average molecular weight is 1190 g/mol. The molecule has 14 heteroatoms. The van der Waals surface area contributed by atoms with Crippen molar-refractivity contribution in [1.82, 2.24) is 5.32 Å². The maximum atomic E-state index is 13.3. The molecule has 9 N–H and O–H groups in total. The van der Waals surface area contributed by atoms with Crippen molar-refractivity contribution in [3.05, 3.63) is 36.5 Å². The molecule has 14 nitrogen and oxygen atoms in total. The standard InChI is InChI=1S/C70H131NO13/c1-3-5-7-9-11-13-15-17-18-19-20-21-22-23-24-25-26-27-28-29-30-31-32-33-34-35-36-37-38-39-40-42-44-46-48-50-52-54-62(75)71-58(59(74)53-51-49-47-45-43-41-16-14-12-10-8-6-4-2)57-81-69-67(80)65(78)68(61(56-73)83-69)84-70-66(79)64(77)63(76)60(55-72)82-70/h15,17,19-20,51,53,58-61,63-70,72-74,76-80H,3-14,16,18,21-50,52,54-57H2,1-2H3,(H,71,75)/b17-15-,20-19-,53-51+. The number of hydrogen-bond donors (Lipinski definition) is 9. The quantitative estimate of drug-likeness (QED) is 0.0204. The summed E-state index contributed by atoms with van der Waals surface area (Å²) in [7, 11) is 0. The number of aliphatic hydroxyl groups excluding tert-OH is 8. The minimum atomic E-state index is -1.79. The van der Waals surface area contributed by atoms with Crippen LogP contribution in [-0.2, 0) is 23.7 Å². The first-order valence-electron chi connectivity index (χ1n) is 35.2. The summed E-state index contributed by atoms with van der Waals surface area (Å²) in [4.78, 5) is 13.3. The maximum absolute atomic E-state index is 13.3. The Morgan fingerprint density at radius 2 is 0.786 bits per heavy atom. The van der Waals surface area contributed by atoms with Gasteiger partial charge in [-0.1, -0.05) is 288 Å². The van der Waals surface area contributed by atoms with Crippen LogP contribution < -0.4 is 5.32 Å². The molecular formula is C70H131NO13. The number of ether oxygens (including phenoxy) is 4. The molecule has 84 heavy (non-hydrogen) atoms. The van der Waals surface area contributed by atoms with Gasteiger partial charge in [0.05, 0.1) is 32.0 Å². The van der Waals surface area contributed by atoms with Gasteiger partial charge in [0.15, 0.2) is 12.6 Å². The van der Waals surface area contributed by atoms with E-state index >= 15 is 0 Å². The van der Waals surface area contributed by atoms with Crippen LogP contribution in [0.2, 0.25) is 0 Å². The Balaban J connectivity index is 1.56. The van der Waals surface area contributed by atoms with E-state index in [2.05, 4.69) is 43.5 Å². The molecule has 0 aromatic rings. The third kappa shape index (κ3) is 39.3. The van der Waals surface area contributed by atoms with E-state index in [1.54, 1.807) is 6.08 Å². The second kappa shape index (κ2) is 55.3. The topological polar surface area (TPSA) is 228 Å². The van der Waals surface area contributed by atoms with Crippen molar-refractivity contribution in [2.75, 3.05) is 19.8 Å². The van der Waals surface area contributed by atoms with Crippen molar-refractivity contribution in [1.29, 1.82) is 0 Å². The molecule has 2 heterocycles. The molecule has 0 saturated carbocycles. The first-order valence-corrected chi connectivity index (χ1v) is 35.2. The number of rotatable bonds is 58. The number of nitrogens with one attached hydrogen (secondary N) is 1. The SMILES string of the molecule is CCCCCCC/C=C\C/C=C\CCCCCCCCCCCCCCCCCCCCCCCCCCCC(=O)NC(COC1OC(CO)C(OC2OC(CO)C(O)C(O)C2O)C(O)C1O)C(O)/C=C/CCCCCCCCCCCCC. The molecule has 0 aliphatic carbocycles. The molecular weight excluding hydrogens is 1060 g/mol. The summed E-state index contributed by atoms with van der Waals surface area (Å²) >= 11 is 0. The van der Waals surface area contributed by atoms with Crippen LogP contribution in [0.5, 0.6) is 0 Å². The summed E-state index contributed by atoms with van der Waals surface area (Å²) in [5.74, 6) is -0.234. The van der Waals surface area contributed by atoms with E-state index in [0.717, 1.165) is 44.9 Å². The highest BCUT2D eigenvalue weighted by atomic mass is 16.7. The zero-order valence-corrected chi connectivity index (χ0v) is 53.7. The minimum Gasteiger partial charge on any atom is -0.394 e. The Kier molecular flexibility index (Phi) is 51.5. The van der Waals surface area contributed by atoms with E-state index in [4.69, 9.17) is 18.9 Å². The highest BCUT2D eigenvalue weighted by Gasteiger charge is 2.51. The lowest BCUT2D eigenvalue weighted by Crippen LogP contribution is -2.65. The molecule has 1 amide bonds. The molecule has 0 spiro atoms. The van der Waals surface area contributed by atoms with Crippen LogP contribution in [0.15, 0.2) is 36.5 Å². The lowest BCUT2D eigenvalue weighted by molar-refractivity contribution is -0.359. The Morgan fingerprint density at radius 1 is 0.429 bits per heavy atom. The van der Waals surface area contributed by atoms with E-state index in [1.165, 1.54) is 238 Å². The van der Waals surface area contributed by atoms with Crippen molar-refractivity contribution >= 4 is 5.91 Å². The smallest absolute Gasteiger partial charge is 0.220 e. The first-order chi connectivity index (χ1) is 41.1. The van der Waals surface area contributed by atoms with Crippen LogP contribution in [0.3, 0.4) is 0 Å². The zero-order chi connectivity index (χ0) is 60.9. The van der Waals surface area contributed by atoms with E-state index in [9.17, 15) is 45.6 Å². The molecule has 2 rings (SSSR count). The van der Waals surface area contributed by atoms with Gasteiger partial charge in [0.25, 0.3) is 0 Å². The lowest BCUT2D eigenvalue weighted by Gasteiger charge is -2.46. The van der Waals surface area contributed by atoms with Gasteiger partial charge in [0.2, 0.25) is 5.91 Å². The van der Waals surface area contributed by atoms with Crippen molar-refractivity contribution in [2.24, 2.45) is 0 Å². The van der Waals surface area contributed by atoms with Crippen molar-refractivity contribution in [2.45, 2.75) is 383 Å². The van der Waals surface area contributed by atoms with Crippen LogP contribution >= 0.6 is 0 Å². The molecule has 2 fully saturated rings. The van der Waals surface area contributed by atoms with E-state index < -0.39 is 86.8 Å². The molecule has 2 aliphatic heterocycles. The molecule has 2 aliphatic rings. The molecule has 12 atom stereocenters. The van der Waals surface area contributed by atoms with Crippen molar-refractivity contribution in [3.63, 3.8) is 0 Å². The summed E-state index contributed by atoms with van der Waals surface area (Å²) in [5, 5.41) is 87.2. The summed E-state index contributed by atoms with van der Waals surface area (Å²) < 4.78 is 22.8. The fraction of sp³-hybridized carbons (Fsp3) is 0.900. The molecule has 2 saturated heterocycles. The van der Waals surface area contributed by atoms with E-state index in [0.29, 0.717) is 6.42 Å². The van der Waals surface area contributed by atoms with Crippen molar-refractivity contribution in [3.8, 4) is 0 Å². The van der Waals surface area contributed by atoms with Crippen LogP contribution in [0, 0.1) is 0 Å². The van der Waals surface area contributed by atoms with Gasteiger partial charge in [-0.05, 0) is 51.4 Å². The van der Waals surface area contributed by atoms with E-state index in [1.807, 2.05) is 6.08 Å². The summed E-state index contributed by atoms with van der Waals surface area (Å²) in [6, 6.07) is -0.912. The van der Waals surface area contributed by atoms with Crippen molar-refractivity contribution < 1.29 is 64.6 Å². The monoisotopic (exact) mass is 1190 g/mol. The zero-order valence-electron chi connectivity index (χ0n) is 53.7. The van der Waals surface area contributed by atoms with Gasteiger partial charge in [0, 0.05) is 6.42 Å². The number of aliphatic hydroxyl groups is 8. The summed E-state index contributed by atoms with van der Waals surface area (Å²) in [5.41, 5.74) is 0. The van der Waals surface area contributed by atoms with Gasteiger partial charge in [-0.3, -0.25) is 4.79 Å². The number of hydrogen-bond acceptors (Lipinski definition) is 13. The van der Waals surface area contributed by atoms with Crippen LogP contribution in [0.1, 0.15) is 309 Å². The van der Waals surface area contributed by atoms with E-state index in [-0.39, 0.29) is 18.9 Å². The predicted molar refractivity (Wildman–Crippen MR) is 341 cm³/mol. The Morgan fingerprint density at radius 3 is 1.19 bits per heavy atom. The number of carbonyl (C=O) groups is 1. The Bertz CT molecular complexity index is 1550. The average Bonchev–Trinajstić information content (AvgIpc) is 2.58. The number of allylic oxidation sites excluding steroid dienone is 5. The lowest BCUT2D eigenvalue weighted by atomic mass is 9.97. The summed E-state index contributed by atoms with van der Waals surface area (Å²) in [6.07, 6.45) is 53.7. The summed E-state index contributed by atoms with van der Waals surface area (Å²) in [6.45, 7) is 2.81. The fourth-order valence-electron chi connectivity index (χ4n) is 11.7. The van der Waals surface area contributed by atoms with Gasteiger partial charge in [0.1, 0.15) is 48.8 Å². The highest BCUT2D eigenvalue weighted by Crippen LogP contribution is 2.30. The third-order valence-electron chi connectivity index (χ3n) is 17.3. The predicted octanol–water partition coefficient (Wildman–Crippen LogP) is 14.1. The normalized spacial score (nSPS) is 23.8. The van der Waals surface area contributed by atoms with Crippen LogP contribution in [0.4, 0.5) is 0 Å². The second-order valence-electron chi connectivity index (χ2n) is 25.0. The molecule has 494 valence electrons.